The maximum Gasteiger partial charge on any atom is 0.243 e. The van der Waals surface area contributed by atoms with Crippen molar-refractivity contribution in [1.29, 1.82) is 0 Å². The molecule has 0 radical (unpaired) electrons. The first-order valence-electron chi connectivity index (χ1n) is 18.6. The van der Waals surface area contributed by atoms with Crippen LogP contribution in [0.25, 0.3) is 0 Å². The summed E-state index contributed by atoms with van der Waals surface area (Å²) in [5.41, 5.74) is 5.99. The van der Waals surface area contributed by atoms with E-state index in [1.807, 2.05) is 43.0 Å². The number of aromatic nitrogens is 2. The molecule has 0 aliphatic carbocycles. The third-order valence-electron chi connectivity index (χ3n) is 10.3. The predicted molar refractivity (Wildman–Crippen MR) is 203 cm³/mol. The third-order valence-corrected chi connectivity index (χ3v) is 10.3. The number of hydrogen-bond acceptors (Lipinski definition) is 4. The average molecular weight is 693 g/mol. The molecular weight excluding hydrogens is 637 g/mol. The molecule has 2 aliphatic rings. The molecule has 4 heterocycles. The van der Waals surface area contributed by atoms with E-state index >= 15 is 0 Å². The Labute approximate surface area is 304 Å². The standard InChI is InChI=1S/C21H27N3O2.C21H29N3O/c1-3-9-19(25)22(4-2)16-20(26)24-15-14-23-13-8-12-18(23)21(24)17-10-6-5-7-11-17;1-15(2)17(4)22-20(25)14-24-13-12-23-11-5-6-19(23)21(24)18-9-7-16(3)8-10-18/h5-8,10-13,21H,3-4,9,14-16H2,1-2H3;5-11,15,17,21H,12-14H2,1-4H3,(H,22,25). The second kappa shape index (κ2) is 17.5. The molecular formula is C42H56N6O3. The Morgan fingerprint density at radius 3 is 1.98 bits per heavy atom. The largest absolute Gasteiger partial charge is 0.352 e. The first kappa shape index (κ1) is 37.6. The number of amides is 3. The summed E-state index contributed by atoms with van der Waals surface area (Å²) in [4.78, 5) is 43.8. The first-order valence-corrected chi connectivity index (χ1v) is 18.6. The number of rotatable bonds is 11. The molecule has 3 atom stereocenters. The number of carbonyl (C=O) groups excluding carboxylic acids is 3. The van der Waals surface area contributed by atoms with E-state index in [9.17, 15) is 14.4 Å². The van der Waals surface area contributed by atoms with E-state index in [-0.39, 0.29) is 42.4 Å². The maximum atomic E-state index is 13.1. The van der Waals surface area contributed by atoms with E-state index in [0.717, 1.165) is 37.3 Å². The normalized spacial score (nSPS) is 17.5. The lowest BCUT2D eigenvalue weighted by Crippen LogP contribution is -2.47. The van der Waals surface area contributed by atoms with Crippen LogP contribution in [0.5, 0.6) is 0 Å². The second-order valence-corrected chi connectivity index (χ2v) is 14.2. The van der Waals surface area contributed by atoms with E-state index in [0.29, 0.717) is 32.0 Å². The molecule has 272 valence electrons. The highest BCUT2D eigenvalue weighted by Crippen LogP contribution is 2.33. The van der Waals surface area contributed by atoms with Crippen molar-refractivity contribution >= 4 is 17.7 Å². The molecule has 51 heavy (non-hydrogen) atoms. The quantitative estimate of drug-likeness (QED) is 0.197. The van der Waals surface area contributed by atoms with Gasteiger partial charge in [0.2, 0.25) is 17.7 Å². The highest BCUT2D eigenvalue weighted by atomic mass is 16.2. The molecule has 9 heteroatoms. The molecule has 3 amide bonds. The van der Waals surface area contributed by atoms with Crippen molar-refractivity contribution in [3.63, 3.8) is 0 Å². The van der Waals surface area contributed by atoms with Gasteiger partial charge in [-0.25, -0.2) is 0 Å². The van der Waals surface area contributed by atoms with Crippen molar-refractivity contribution in [3.05, 3.63) is 119 Å². The number of nitrogens with zero attached hydrogens (tertiary/aromatic N) is 5. The molecule has 2 aromatic carbocycles. The number of hydrogen-bond donors (Lipinski definition) is 1. The predicted octanol–water partition coefficient (Wildman–Crippen LogP) is 6.43. The minimum Gasteiger partial charge on any atom is -0.352 e. The van der Waals surface area contributed by atoms with Crippen LogP contribution in [0.1, 0.15) is 87.6 Å². The summed E-state index contributed by atoms with van der Waals surface area (Å²) in [5.74, 6) is 0.617. The molecule has 1 N–H and O–H groups in total. The summed E-state index contributed by atoms with van der Waals surface area (Å²) in [7, 11) is 0. The van der Waals surface area contributed by atoms with Crippen LogP contribution in [-0.2, 0) is 27.5 Å². The first-order chi connectivity index (χ1) is 24.6. The number of likely N-dealkylation sites (N-methyl/N-ethyl adjacent to an activating group) is 1. The molecule has 2 aromatic heterocycles. The molecule has 0 fully saturated rings. The SMILES string of the molecule is CCCC(=O)N(CC)CC(=O)N1CCn2cccc2C1c1ccccc1.Cc1ccc(C2c3cccn3CCN2CC(=O)NC(C)C(C)C)cc1. The van der Waals surface area contributed by atoms with Gasteiger partial charge in [0, 0.05) is 69.0 Å². The van der Waals surface area contributed by atoms with Gasteiger partial charge in [-0.05, 0) is 68.5 Å². The lowest BCUT2D eigenvalue weighted by atomic mass is 9.99. The van der Waals surface area contributed by atoms with Crippen LogP contribution in [0, 0.1) is 12.8 Å². The molecule has 3 unspecified atom stereocenters. The summed E-state index contributed by atoms with van der Waals surface area (Å²) in [5, 5.41) is 3.14. The Morgan fingerprint density at radius 1 is 0.765 bits per heavy atom. The van der Waals surface area contributed by atoms with Crippen molar-refractivity contribution in [2.45, 2.75) is 85.6 Å². The summed E-state index contributed by atoms with van der Waals surface area (Å²) >= 11 is 0. The lowest BCUT2D eigenvalue weighted by Gasteiger charge is -2.38. The number of aryl methyl sites for hydroxylation is 1. The van der Waals surface area contributed by atoms with Gasteiger partial charge in [-0.1, -0.05) is 80.9 Å². The van der Waals surface area contributed by atoms with Crippen LogP contribution in [0.15, 0.2) is 91.3 Å². The van der Waals surface area contributed by atoms with Gasteiger partial charge in [0.25, 0.3) is 0 Å². The van der Waals surface area contributed by atoms with E-state index in [1.165, 1.54) is 16.8 Å². The zero-order chi connectivity index (χ0) is 36.5. The van der Waals surface area contributed by atoms with E-state index in [2.05, 4.69) is 114 Å². The van der Waals surface area contributed by atoms with Gasteiger partial charge in [-0.2, -0.15) is 0 Å². The Bertz CT molecular complexity index is 1730. The van der Waals surface area contributed by atoms with E-state index in [4.69, 9.17) is 0 Å². The zero-order valence-electron chi connectivity index (χ0n) is 31.3. The summed E-state index contributed by atoms with van der Waals surface area (Å²) in [6.45, 7) is 16.7. The Hall–Kier alpha value is -4.63. The summed E-state index contributed by atoms with van der Waals surface area (Å²) in [6.07, 6.45) is 5.49. The van der Waals surface area contributed by atoms with Crippen LogP contribution in [0.3, 0.4) is 0 Å². The van der Waals surface area contributed by atoms with Crippen LogP contribution < -0.4 is 5.32 Å². The van der Waals surface area contributed by atoms with Crippen molar-refractivity contribution < 1.29 is 14.4 Å². The van der Waals surface area contributed by atoms with Gasteiger partial charge in [-0.3, -0.25) is 19.3 Å². The highest BCUT2D eigenvalue weighted by Gasteiger charge is 2.33. The lowest BCUT2D eigenvalue weighted by molar-refractivity contribution is -0.142. The van der Waals surface area contributed by atoms with Gasteiger partial charge in [0.1, 0.15) is 0 Å². The number of carbonyl (C=O) groups is 3. The van der Waals surface area contributed by atoms with Gasteiger partial charge in [0.05, 0.1) is 25.2 Å². The smallest absolute Gasteiger partial charge is 0.243 e. The number of fused-ring (bicyclic) bond motifs is 2. The second-order valence-electron chi connectivity index (χ2n) is 14.2. The molecule has 0 saturated carbocycles. The Kier molecular flexibility index (Phi) is 12.9. The fourth-order valence-electron chi connectivity index (χ4n) is 7.02. The highest BCUT2D eigenvalue weighted by molar-refractivity contribution is 5.85. The monoisotopic (exact) mass is 692 g/mol. The molecule has 4 aromatic rings. The topological polar surface area (TPSA) is 82.8 Å². The average Bonchev–Trinajstić information content (AvgIpc) is 3.81. The summed E-state index contributed by atoms with van der Waals surface area (Å²) in [6, 6.07) is 27.4. The third kappa shape index (κ3) is 9.19. The van der Waals surface area contributed by atoms with Crippen LogP contribution in [0.2, 0.25) is 0 Å². The number of nitrogens with one attached hydrogen (secondary N) is 1. The van der Waals surface area contributed by atoms with Gasteiger partial charge >= 0.3 is 0 Å². The van der Waals surface area contributed by atoms with E-state index < -0.39 is 0 Å². The van der Waals surface area contributed by atoms with Crippen LogP contribution in [0.4, 0.5) is 0 Å². The molecule has 2 aliphatic heterocycles. The molecule has 9 nitrogen and oxygen atoms in total. The Morgan fingerprint density at radius 2 is 1.37 bits per heavy atom. The molecule has 6 rings (SSSR count). The van der Waals surface area contributed by atoms with E-state index in [1.54, 1.807) is 4.90 Å². The molecule has 0 bridgehead atoms. The van der Waals surface area contributed by atoms with Gasteiger partial charge in [-0.15, -0.1) is 0 Å². The van der Waals surface area contributed by atoms with Crippen LogP contribution in [-0.4, -0.2) is 80.3 Å². The van der Waals surface area contributed by atoms with Gasteiger partial charge < -0.3 is 24.3 Å². The maximum absolute atomic E-state index is 13.1. The van der Waals surface area contributed by atoms with Crippen molar-refractivity contribution in [2.24, 2.45) is 5.92 Å². The number of benzene rings is 2. The fourth-order valence-corrected chi connectivity index (χ4v) is 7.02. The minimum absolute atomic E-state index is 0.0117. The molecule has 0 spiro atoms. The van der Waals surface area contributed by atoms with Crippen molar-refractivity contribution in [1.82, 2.24) is 29.2 Å². The fraction of sp³-hybridized carbons (Fsp3) is 0.452. The summed E-state index contributed by atoms with van der Waals surface area (Å²) < 4.78 is 4.51. The van der Waals surface area contributed by atoms with Crippen molar-refractivity contribution in [2.75, 3.05) is 32.7 Å². The minimum atomic E-state index is -0.104. The van der Waals surface area contributed by atoms with Crippen LogP contribution >= 0.6 is 0 Å². The van der Waals surface area contributed by atoms with Crippen molar-refractivity contribution in [3.8, 4) is 0 Å². The van der Waals surface area contributed by atoms with Gasteiger partial charge in [0.15, 0.2) is 0 Å². The molecule has 0 saturated heterocycles. The Balaban J connectivity index is 0.000000198. The zero-order valence-corrected chi connectivity index (χ0v) is 31.3.